The van der Waals surface area contributed by atoms with Crippen molar-refractivity contribution in [2.75, 3.05) is 0 Å². The quantitative estimate of drug-likeness (QED) is 0.419. The molecule has 1 aromatic carbocycles. The maximum Gasteiger partial charge on any atom is 0.0731 e. The third-order valence-corrected chi connectivity index (χ3v) is 2.31. The van der Waals surface area contributed by atoms with Crippen molar-refractivity contribution in [3.05, 3.63) is 58.6 Å². The Balaban J connectivity index is 2.42. The molecule has 0 amide bonds. The van der Waals surface area contributed by atoms with Crippen molar-refractivity contribution in [1.29, 1.82) is 0 Å². The number of rotatable bonds is 2. The minimum atomic E-state index is 0.611. The first-order valence-electron chi connectivity index (χ1n) is 4.88. The van der Waals surface area contributed by atoms with Crippen molar-refractivity contribution in [2.24, 2.45) is 5.11 Å². The minimum Gasteiger partial charge on any atom is -0.256 e. The van der Waals surface area contributed by atoms with Crippen LogP contribution in [-0.4, -0.2) is 4.98 Å². The van der Waals surface area contributed by atoms with Crippen LogP contribution >= 0.6 is 0 Å². The summed E-state index contributed by atoms with van der Waals surface area (Å²) in [6.45, 7) is 2.02. The summed E-state index contributed by atoms with van der Waals surface area (Å²) < 4.78 is 0. The van der Waals surface area contributed by atoms with E-state index in [-0.39, 0.29) is 0 Å². The molecule has 1 heterocycles. The summed E-state index contributed by atoms with van der Waals surface area (Å²) in [5.74, 6) is 0. The monoisotopic (exact) mass is 210 g/mol. The van der Waals surface area contributed by atoms with Crippen molar-refractivity contribution < 1.29 is 0 Å². The number of aryl methyl sites for hydroxylation is 1. The first kappa shape index (κ1) is 10.2. The molecule has 78 valence electrons. The van der Waals surface area contributed by atoms with Gasteiger partial charge in [-0.15, -0.1) is 0 Å². The van der Waals surface area contributed by atoms with Crippen LogP contribution in [0.5, 0.6) is 0 Å². The van der Waals surface area contributed by atoms with Gasteiger partial charge in [-0.05, 0) is 24.1 Å². The zero-order valence-electron chi connectivity index (χ0n) is 8.83. The average molecular weight is 210 g/mol. The van der Waals surface area contributed by atoms with E-state index >= 15 is 0 Å². The summed E-state index contributed by atoms with van der Waals surface area (Å²) in [6, 6.07) is 11.3. The topological polar surface area (TPSA) is 61.7 Å². The van der Waals surface area contributed by atoms with Crippen molar-refractivity contribution >= 4 is 5.69 Å². The van der Waals surface area contributed by atoms with E-state index < -0.39 is 0 Å². The molecule has 1 aromatic heterocycles. The number of hydrogen-bond donors (Lipinski definition) is 0. The zero-order valence-corrected chi connectivity index (χ0v) is 8.83. The lowest BCUT2D eigenvalue weighted by Crippen LogP contribution is -1.86. The van der Waals surface area contributed by atoms with Gasteiger partial charge in [-0.1, -0.05) is 35.4 Å². The second-order valence-electron chi connectivity index (χ2n) is 3.41. The minimum absolute atomic E-state index is 0.611. The van der Waals surface area contributed by atoms with Crippen molar-refractivity contribution in [2.45, 2.75) is 6.92 Å². The van der Waals surface area contributed by atoms with Gasteiger partial charge in [0.05, 0.1) is 5.69 Å². The second-order valence-corrected chi connectivity index (χ2v) is 3.41. The van der Waals surface area contributed by atoms with Crippen LogP contribution in [0.2, 0.25) is 0 Å². The maximum absolute atomic E-state index is 8.30. The Morgan fingerprint density at radius 1 is 1.19 bits per heavy atom. The highest BCUT2D eigenvalue weighted by Gasteiger charge is 2.01. The number of nitrogens with zero attached hydrogens (tertiary/aromatic N) is 4. The summed E-state index contributed by atoms with van der Waals surface area (Å²) in [5, 5.41) is 3.52. The van der Waals surface area contributed by atoms with Crippen LogP contribution in [0.3, 0.4) is 0 Å². The Morgan fingerprint density at radius 2 is 1.94 bits per heavy atom. The zero-order chi connectivity index (χ0) is 11.4. The Kier molecular flexibility index (Phi) is 2.85. The van der Waals surface area contributed by atoms with Crippen LogP contribution in [-0.2, 0) is 0 Å². The van der Waals surface area contributed by atoms with Crippen molar-refractivity contribution in [3.8, 4) is 11.3 Å². The van der Waals surface area contributed by atoms with E-state index in [4.69, 9.17) is 5.53 Å². The maximum atomic E-state index is 8.30. The number of azide groups is 1. The van der Waals surface area contributed by atoms with Crippen molar-refractivity contribution in [1.82, 2.24) is 4.98 Å². The van der Waals surface area contributed by atoms with Gasteiger partial charge in [0.2, 0.25) is 0 Å². The van der Waals surface area contributed by atoms with Crippen molar-refractivity contribution in [3.63, 3.8) is 0 Å². The summed E-state index contributed by atoms with van der Waals surface area (Å²) in [5.41, 5.74) is 12.0. The Hall–Kier alpha value is -2.32. The fraction of sp³-hybridized carbons (Fsp3) is 0.0833. The van der Waals surface area contributed by atoms with Gasteiger partial charge in [-0.25, -0.2) is 0 Å². The molecule has 0 aliphatic heterocycles. The lowest BCUT2D eigenvalue weighted by atomic mass is 10.1. The summed E-state index contributed by atoms with van der Waals surface area (Å²) in [4.78, 5) is 7.06. The van der Waals surface area contributed by atoms with E-state index in [1.807, 2.05) is 31.2 Å². The number of aromatic nitrogens is 1. The largest absolute Gasteiger partial charge is 0.256 e. The molecule has 0 spiro atoms. The first-order valence-corrected chi connectivity index (χ1v) is 4.88. The molecule has 0 unspecified atom stereocenters. The summed E-state index contributed by atoms with van der Waals surface area (Å²) in [7, 11) is 0. The predicted molar refractivity (Wildman–Crippen MR) is 63.2 cm³/mol. The third kappa shape index (κ3) is 2.02. The smallest absolute Gasteiger partial charge is 0.0731 e. The molecule has 0 radical (unpaired) electrons. The first-order chi connectivity index (χ1) is 7.81. The standard InChI is InChI=1S/C12H10N4/c1-9-3-2-8-14-12(9)10-4-6-11(7-5-10)15-16-13/h2-8H,1H3. The highest BCUT2D eigenvalue weighted by atomic mass is 15.1. The van der Waals surface area contributed by atoms with Crippen LogP contribution in [0.4, 0.5) is 5.69 Å². The van der Waals surface area contributed by atoms with Gasteiger partial charge in [0.25, 0.3) is 0 Å². The van der Waals surface area contributed by atoms with Gasteiger partial charge in [0, 0.05) is 22.4 Å². The number of hydrogen-bond acceptors (Lipinski definition) is 2. The van der Waals surface area contributed by atoms with E-state index in [1.165, 1.54) is 0 Å². The third-order valence-electron chi connectivity index (χ3n) is 2.31. The van der Waals surface area contributed by atoms with E-state index in [0.29, 0.717) is 5.69 Å². The molecule has 0 aliphatic carbocycles. The molecule has 2 rings (SSSR count). The Labute approximate surface area is 93.2 Å². The number of benzene rings is 1. The van der Waals surface area contributed by atoms with Gasteiger partial charge >= 0.3 is 0 Å². The van der Waals surface area contributed by atoms with E-state index in [9.17, 15) is 0 Å². The second kappa shape index (κ2) is 4.47. The molecule has 0 fully saturated rings. The SMILES string of the molecule is Cc1cccnc1-c1ccc(N=[N+]=[N-])cc1. The average Bonchev–Trinajstić information content (AvgIpc) is 2.31. The van der Waals surface area contributed by atoms with Crippen LogP contribution in [0, 0.1) is 6.92 Å². The van der Waals surface area contributed by atoms with Gasteiger partial charge in [0.1, 0.15) is 0 Å². The normalized spacial score (nSPS) is 9.56. The summed E-state index contributed by atoms with van der Waals surface area (Å²) in [6.07, 6.45) is 1.77. The van der Waals surface area contributed by atoms with Crippen LogP contribution in [0.25, 0.3) is 21.7 Å². The summed E-state index contributed by atoms with van der Waals surface area (Å²) >= 11 is 0. The molecular formula is C12H10N4. The van der Waals surface area contributed by atoms with Gasteiger partial charge in [-0.3, -0.25) is 4.98 Å². The lowest BCUT2D eigenvalue weighted by Gasteiger charge is -2.04. The molecule has 16 heavy (non-hydrogen) atoms. The van der Waals surface area contributed by atoms with Gasteiger partial charge < -0.3 is 0 Å². The van der Waals surface area contributed by atoms with Gasteiger partial charge in [-0.2, -0.15) is 0 Å². The Morgan fingerprint density at radius 3 is 2.56 bits per heavy atom. The molecule has 0 saturated carbocycles. The van der Waals surface area contributed by atoms with E-state index in [0.717, 1.165) is 16.8 Å². The molecule has 0 atom stereocenters. The molecule has 0 aliphatic rings. The predicted octanol–water partition coefficient (Wildman–Crippen LogP) is 4.00. The van der Waals surface area contributed by atoms with Crippen LogP contribution in [0.1, 0.15) is 5.56 Å². The number of pyridine rings is 1. The van der Waals surface area contributed by atoms with Crippen LogP contribution < -0.4 is 0 Å². The van der Waals surface area contributed by atoms with Gasteiger partial charge in [0.15, 0.2) is 0 Å². The fourth-order valence-corrected chi connectivity index (χ4v) is 1.53. The molecule has 4 nitrogen and oxygen atoms in total. The molecule has 0 N–H and O–H groups in total. The molecule has 2 aromatic rings. The molecule has 4 heteroatoms. The van der Waals surface area contributed by atoms with Crippen LogP contribution in [0.15, 0.2) is 47.7 Å². The highest BCUT2D eigenvalue weighted by molar-refractivity contribution is 5.64. The molecular weight excluding hydrogens is 200 g/mol. The van der Waals surface area contributed by atoms with E-state index in [2.05, 4.69) is 15.0 Å². The van der Waals surface area contributed by atoms with E-state index in [1.54, 1.807) is 18.3 Å². The Bertz CT molecular complexity index is 539. The fourth-order valence-electron chi connectivity index (χ4n) is 1.53. The lowest BCUT2D eigenvalue weighted by molar-refractivity contribution is 1.27. The molecule has 0 bridgehead atoms. The highest BCUT2D eigenvalue weighted by Crippen LogP contribution is 2.23. The molecule has 0 saturated heterocycles.